The van der Waals surface area contributed by atoms with Crippen LogP contribution in [0.25, 0.3) is 0 Å². The molecule has 0 radical (unpaired) electrons. The van der Waals surface area contributed by atoms with E-state index < -0.39 is 75.2 Å². The van der Waals surface area contributed by atoms with E-state index in [9.17, 15) is 50.0 Å². The molecule has 348 valence electrons. The molecule has 60 heavy (non-hydrogen) atoms. The lowest BCUT2D eigenvalue weighted by molar-refractivity contribution is -0.220. The van der Waals surface area contributed by atoms with Gasteiger partial charge in [0.05, 0.1) is 31.3 Å². The molecule has 1 aliphatic carbocycles. The summed E-state index contributed by atoms with van der Waals surface area (Å²) in [6.45, 7) is 3.46. The highest BCUT2D eigenvalue weighted by molar-refractivity contribution is 7.47. The van der Waals surface area contributed by atoms with Crippen molar-refractivity contribution in [1.82, 2.24) is 5.32 Å². The van der Waals surface area contributed by atoms with Gasteiger partial charge in [-0.3, -0.25) is 13.8 Å². The summed E-state index contributed by atoms with van der Waals surface area (Å²) in [5.74, 6) is -0.621. The number of nitrogens with one attached hydrogen (secondary N) is 1. The molecule has 1 amide bonds. The van der Waals surface area contributed by atoms with Crippen LogP contribution in [0.2, 0.25) is 0 Å². The van der Waals surface area contributed by atoms with Gasteiger partial charge in [0.25, 0.3) is 0 Å². The standard InChI is InChI=1S/C46H82NO12P/c1-3-5-7-9-11-13-14-15-16-17-18-19-20-21-22-23-24-26-27-29-31-33-37(48)35-40(50)47-38(39(49)34-32-30-28-25-12-10-8-6-4-2)36-58-60(56,57)59-46-44(54)42(52)41(51)43(53)45(46)55/h4,6,12,18-19,21-22,25,32,34,37-39,41-46,48-49,51-55H,3,5,7-11,13-17,20,23-24,26-31,33,35-36H2,1-2H3,(H,47,50)(H,56,57)/b6-4+,19-18-,22-21-,25-12+,34-32+. The lowest BCUT2D eigenvalue weighted by atomic mass is 9.85. The molecule has 9 N–H and O–H groups in total. The second-order valence-corrected chi connectivity index (χ2v) is 17.5. The van der Waals surface area contributed by atoms with Crippen molar-refractivity contribution in [3.05, 3.63) is 60.8 Å². The van der Waals surface area contributed by atoms with Crippen LogP contribution in [0, 0.1) is 0 Å². The Bertz CT molecular complexity index is 1260. The van der Waals surface area contributed by atoms with Crippen LogP contribution in [-0.4, -0.2) is 108 Å². The first-order chi connectivity index (χ1) is 28.8. The van der Waals surface area contributed by atoms with Gasteiger partial charge < -0.3 is 46.0 Å². The second-order valence-electron chi connectivity index (χ2n) is 16.1. The zero-order valence-corrected chi connectivity index (χ0v) is 37.5. The number of carbonyl (C=O) groups excluding carboxylic acids is 1. The molecule has 0 aromatic carbocycles. The highest BCUT2D eigenvalue weighted by Crippen LogP contribution is 2.47. The SMILES string of the molecule is C/C=C/CC/C=C/CC/C=C/C(O)C(COP(=O)(O)OC1C(O)C(O)C(O)C(O)C1O)NC(=O)CC(O)CCCCCCC/C=C\C/C=C\CCCCCCCCCCC. The van der Waals surface area contributed by atoms with Crippen molar-refractivity contribution in [2.45, 2.75) is 216 Å². The molecular formula is C46H82NO12P. The summed E-state index contributed by atoms with van der Waals surface area (Å²) in [4.78, 5) is 23.3. The highest BCUT2D eigenvalue weighted by atomic mass is 31.2. The van der Waals surface area contributed by atoms with E-state index in [2.05, 4.69) is 48.7 Å². The van der Waals surface area contributed by atoms with Gasteiger partial charge in [0.15, 0.2) is 0 Å². The van der Waals surface area contributed by atoms with Crippen molar-refractivity contribution in [1.29, 1.82) is 0 Å². The number of hydrogen-bond acceptors (Lipinski definition) is 11. The molecule has 0 heterocycles. The molecule has 1 aliphatic rings. The maximum absolute atomic E-state index is 12.9. The van der Waals surface area contributed by atoms with Crippen molar-refractivity contribution in [3.8, 4) is 0 Å². The maximum atomic E-state index is 12.9. The minimum absolute atomic E-state index is 0.269. The summed E-state index contributed by atoms with van der Waals surface area (Å²) in [6, 6.07) is -1.27. The number of carbonyl (C=O) groups is 1. The predicted octanol–water partition coefficient (Wildman–Crippen LogP) is 7.31. The van der Waals surface area contributed by atoms with Crippen LogP contribution in [-0.2, 0) is 18.4 Å². The number of phosphoric ester groups is 1. The number of hydrogen-bond donors (Lipinski definition) is 9. The van der Waals surface area contributed by atoms with E-state index in [4.69, 9.17) is 9.05 Å². The van der Waals surface area contributed by atoms with Gasteiger partial charge in [0.1, 0.15) is 36.6 Å². The van der Waals surface area contributed by atoms with E-state index in [1.54, 1.807) is 6.08 Å². The van der Waals surface area contributed by atoms with E-state index in [-0.39, 0.29) is 6.42 Å². The first-order valence-electron chi connectivity index (χ1n) is 22.8. The fourth-order valence-corrected chi connectivity index (χ4v) is 7.86. The number of rotatable bonds is 36. The van der Waals surface area contributed by atoms with Gasteiger partial charge in [0, 0.05) is 0 Å². The van der Waals surface area contributed by atoms with Crippen molar-refractivity contribution in [2.24, 2.45) is 0 Å². The molecule has 0 aromatic heterocycles. The molecule has 0 bridgehead atoms. The topological polar surface area (TPSA) is 226 Å². The first-order valence-corrected chi connectivity index (χ1v) is 24.3. The summed E-state index contributed by atoms with van der Waals surface area (Å²) >= 11 is 0. The quantitative estimate of drug-likeness (QED) is 0.0172. The molecule has 0 aliphatic heterocycles. The normalized spacial score (nSPS) is 24.0. The molecule has 0 aromatic rings. The highest BCUT2D eigenvalue weighted by Gasteiger charge is 2.51. The van der Waals surface area contributed by atoms with Gasteiger partial charge in [-0.1, -0.05) is 145 Å². The predicted molar refractivity (Wildman–Crippen MR) is 238 cm³/mol. The molecule has 0 saturated heterocycles. The Balaban J connectivity index is 2.47. The summed E-state index contributed by atoms with van der Waals surface area (Å²) in [5.41, 5.74) is 0. The average Bonchev–Trinajstić information content (AvgIpc) is 3.22. The van der Waals surface area contributed by atoms with Gasteiger partial charge in [-0.15, -0.1) is 0 Å². The Morgan fingerprint density at radius 3 is 1.65 bits per heavy atom. The molecule has 1 saturated carbocycles. The van der Waals surface area contributed by atoms with Crippen LogP contribution in [0.3, 0.4) is 0 Å². The third kappa shape index (κ3) is 27.1. The third-order valence-corrected chi connectivity index (χ3v) is 11.6. The molecule has 1 rings (SSSR count). The van der Waals surface area contributed by atoms with Gasteiger partial charge in [-0.05, 0) is 71.1 Å². The second kappa shape index (κ2) is 35.5. The van der Waals surface area contributed by atoms with Crippen molar-refractivity contribution in [3.63, 3.8) is 0 Å². The van der Waals surface area contributed by atoms with Crippen LogP contribution in [0.4, 0.5) is 0 Å². The Morgan fingerprint density at radius 2 is 1.10 bits per heavy atom. The minimum Gasteiger partial charge on any atom is -0.393 e. The van der Waals surface area contributed by atoms with E-state index in [1.165, 1.54) is 63.9 Å². The number of unbranched alkanes of at least 4 members (excludes halogenated alkanes) is 16. The van der Waals surface area contributed by atoms with Crippen LogP contribution in [0.15, 0.2) is 60.8 Å². The summed E-state index contributed by atoms with van der Waals surface area (Å²) in [5, 5.41) is 74.2. The Hall–Kier alpha value is -2.00. The van der Waals surface area contributed by atoms with Crippen molar-refractivity contribution >= 4 is 13.7 Å². The number of allylic oxidation sites excluding steroid dienone is 9. The Kier molecular flexibility index (Phi) is 33.1. The fraction of sp³-hybridized carbons (Fsp3) is 0.761. The number of phosphoric acid groups is 1. The smallest absolute Gasteiger partial charge is 0.393 e. The maximum Gasteiger partial charge on any atom is 0.472 e. The van der Waals surface area contributed by atoms with Crippen LogP contribution < -0.4 is 5.32 Å². The summed E-state index contributed by atoms with van der Waals surface area (Å²) in [7, 11) is -5.15. The molecule has 1 fully saturated rings. The largest absolute Gasteiger partial charge is 0.472 e. The zero-order valence-electron chi connectivity index (χ0n) is 36.6. The van der Waals surface area contributed by atoms with E-state index in [0.29, 0.717) is 19.3 Å². The van der Waals surface area contributed by atoms with Gasteiger partial charge in [-0.2, -0.15) is 0 Å². The molecule has 0 spiro atoms. The average molecular weight is 872 g/mol. The lowest BCUT2D eigenvalue weighted by Gasteiger charge is -2.41. The molecule has 8 unspecified atom stereocenters. The van der Waals surface area contributed by atoms with Gasteiger partial charge >= 0.3 is 7.82 Å². The molecule has 14 heteroatoms. The number of aliphatic hydroxyl groups excluding tert-OH is 7. The summed E-state index contributed by atoms with van der Waals surface area (Å²) < 4.78 is 22.7. The van der Waals surface area contributed by atoms with E-state index in [0.717, 1.165) is 64.2 Å². The molecule has 13 nitrogen and oxygen atoms in total. The monoisotopic (exact) mass is 872 g/mol. The van der Waals surface area contributed by atoms with E-state index >= 15 is 0 Å². The zero-order chi connectivity index (χ0) is 44.4. The molecule has 8 atom stereocenters. The first kappa shape index (κ1) is 56.0. The van der Waals surface area contributed by atoms with Crippen molar-refractivity contribution < 1.29 is 59.0 Å². The number of aliphatic hydroxyl groups is 7. The lowest BCUT2D eigenvalue weighted by Crippen LogP contribution is -2.64. The number of amides is 1. The fourth-order valence-electron chi connectivity index (χ4n) is 6.90. The van der Waals surface area contributed by atoms with Crippen LogP contribution in [0.5, 0.6) is 0 Å². The van der Waals surface area contributed by atoms with Crippen molar-refractivity contribution in [2.75, 3.05) is 6.61 Å². The van der Waals surface area contributed by atoms with Crippen LogP contribution >= 0.6 is 7.82 Å². The Labute approximate surface area is 361 Å². The minimum atomic E-state index is -5.15. The Morgan fingerprint density at radius 1 is 0.633 bits per heavy atom. The van der Waals surface area contributed by atoms with Gasteiger partial charge in [-0.25, -0.2) is 4.57 Å². The van der Waals surface area contributed by atoms with E-state index in [1.807, 2.05) is 19.1 Å². The molecular weight excluding hydrogens is 789 g/mol. The summed E-state index contributed by atoms with van der Waals surface area (Å²) in [6.07, 6.45) is 29.3. The van der Waals surface area contributed by atoms with Crippen LogP contribution in [0.1, 0.15) is 162 Å². The third-order valence-electron chi connectivity index (χ3n) is 10.6. The van der Waals surface area contributed by atoms with Gasteiger partial charge in [0.2, 0.25) is 5.91 Å².